The van der Waals surface area contributed by atoms with Gasteiger partial charge in [0.2, 0.25) is 0 Å². The van der Waals surface area contributed by atoms with Crippen LogP contribution in [0.4, 0.5) is 0 Å². The van der Waals surface area contributed by atoms with E-state index in [1.54, 1.807) is 0 Å². The molecule has 0 unspecified atom stereocenters. The van der Waals surface area contributed by atoms with E-state index >= 15 is 0 Å². The molecule has 0 fully saturated rings. The van der Waals surface area contributed by atoms with Gasteiger partial charge in [0.05, 0.1) is 0 Å². The molecule has 0 aliphatic heterocycles. The molecule has 0 saturated carbocycles. The van der Waals surface area contributed by atoms with Gasteiger partial charge in [-0.15, -0.1) is 0 Å². The Balaban J connectivity index is 4.44. The molecule has 0 aromatic heterocycles. The molecule has 0 rings (SSSR count). The maximum Gasteiger partial charge on any atom is 0.00499 e. The smallest absolute Gasteiger partial charge is 0.00499 e. The van der Waals surface area contributed by atoms with Gasteiger partial charge in [0.25, 0.3) is 0 Å². The first-order valence-electron chi connectivity index (χ1n) is 6.90. The normalized spacial score (nSPS) is 12.8. The molecule has 16 heavy (non-hydrogen) atoms. The summed E-state index contributed by atoms with van der Waals surface area (Å²) in [5, 5.41) is 3.37. The molecule has 0 heterocycles. The van der Waals surface area contributed by atoms with Crippen LogP contribution in [0.3, 0.4) is 0 Å². The monoisotopic (exact) mass is 228 g/mol. The van der Waals surface area contributed by atoms with Crippen molar-refractivity contribution < 1.29 is 0 Å². The Bertz CT molecular complexity index is 162. The van der Waals surface area contributed by atoms with Gasteiger partial charge in [-0.1, -0.05) is 34.6 Å². The Kier molecular flexibility index (Phi) is 8.04. The summed E-state index contributed by atoms with van der Waals surface area (Å²) >= 11 is 0. The molecule has 0 bridgehead atoms. The summed E-state index contributed by atoms with van der Waals surface area (Å²) in [6, 6.07) is 0. The largest absolute Gasteiger partial charge is 0.319 e. The van der Waals surface area contributed by atoms with E-state index in [-0.39, 0.29) is 0 Å². The van der Waals surface area contributed by atoms with Crippen molar-refractivity contribution in [2.24, 2.45) is 11.3 Å². The van der Waals surface area contributed by atoms with Crippen molar-refractivity contribution in [2.45, 2.75) is 47.5 Å². The van der Waals surface area contributed by atoms with E-state index in [1.165, 1.54) is 32.5 Å². The molecule has 0 atom stereocenters. The van der Waals surface area contributed by atoms with Crippen LogP contribution < -0.4 is 5.32 Å². The van der Waals surface area contributed by atoms with Gasteiger partial charge in [-0.3, -0.25) is 0 Å². The molecule has 2 nitrogen and oxygen atoms in total. The Hall–Kier alpha value is -0.0800. The van der Waals surface area contributed by atoms with E-state index in [9.17, 15) is 0 Å². The topological polar surface area (TPSA) is 15.3 Å². The maximum absolute atomic E-state index is 3.37. The van der Waals surface area contributed by atoms with Crippen molar-refractivity contribution in [2.75, 3.05) is 33.2 Å². The zero-order valence-electron chi connectivity index (χ0n) is 12.3. The molecule has 0 amide bonds. The third kappa shape index (κ3) is 5.31. The molecule has 0 radical (unpaired) electrons. The average Bonchev–Trinajstić information content (AvgIpc) is 2.26. The van der Waals surface area contributed by atoms with Crippen LogP contribution in [0.2, 0.25) is 0 Å². The van der Waals surface area contributed by atoms with Crippen LogP contribution in [0, 0.1) is 11.3 Å². The highest BCUT2D eigenvalue weighted by atomic mass is 15.1. The molecule has 0 aromatic carbocycles. The number of nitrogens with one attached hydrogen (secondary N) is 1. The second-order valence-electron chi connectivity index (χ2n) is 5.46. The average molecular weight is 228 g/mol. The Morgan fingerprint density at radius 3 is 2.00 bits per heavy atom. The van der Waals surface area contributed by atoms with Crippen molar-refractivity contribution in [3.63, 3.8) is 0 Å². The Morgan fingerprint density at radius 2 is 1.69 bits per heavy atom. The fourth-order valence-electron chi connectivity index (χ4n) is 2.45. The van der Waals surface area contributed by atoms with Crippen LogP contribution in [-0.4, -0.2) is 38.1 Å². The van der Waals surface area contributed by atoms with Gasteiger partial charge >= 0.3 is 0 Å². The first-order chi connectivity index (χ1) is 7.53. The second kappa shape index (κ2) is 8.08. The van der Waals surface area contributed by atoms with Gasteiger partial charge in [0.1, 0.15) is 0 Å². The standard InChI is InChI=1S/C14H32N2/c1-7-14(8-2,11-15-6)12-16(9-3)10-13(4)5/h13,15H,7-12H2,1-6H3. The fourth-order valence-corrected chi connectivity index (χ4v) is 2.45. The van der Waals surface area contributed by atoms with E-state index in [0.717, 1.165) is 12.5 Å². The summed E-state index contributed by atoms with van der Waals surface area (Å²) in [7, 11) is 2.07. The molecule has 0 aliphatic rings. The number of rotatable bonds is 9. The van der Waals surface area contributed by atoms with Gasteiger partial charge in [0, 0.05) is 19.6 Å². The van der Waals surface area contributed by atoms with Crippen LogP contribution >= 0.6 is 0 Å². The van der Waals surface area contributed by atoms with E-state index < -0.39 is 0 Å². The molecular formula is C14H32N2. The van der Waals surface area contributed by atoms with Gasteiger partial charge in [-0.25, -0.2) is 0 Å². The molecule has 98 valence electrons. The minimum absolute atomic E-state index is 0.458. The van der Waals surface area contributed by atoms with Crippen molar-refractivity contribution in [1.82, 2.24) is 10.2 Å². The van der Waals surface area contributed by atoms with E-state index in [1.807, 2.05) is 0 Å². The molecule has 0 spiro atoms. The lowest BCUT2D eigenvalue weighted by Crippen LogP contribution is -2.44. The van der Waals surface area contributed by atoms with Crippen LogP contribution in [0.1, 0.15) is 47.5 Å². The highest BCUT2D eigenvalue weighted by Gasteiger charge is 2.27. The van der Waals surface area contributed by atoms with Gasteiger partial charge < -0.3 is 10.2 Å². The van der Waals surface area contributed by atoms with E-state index in [0.29, 0.717) is 5.41 Å². The first kappa shape index (κ1) is 15.9. The summed E-state index contributed by atoms with van der Waals surface area (Å²) < 4.78 is 0. The summed E-state index contributed by atoms with van der Waals surface area (Å²) in [5.41, 5.74) is 0.458. The maximum atomic E-state index is 3.37. The van der Waals surface area contributed by atoms with Crippen LogP contribution in [-0.2, 0) is 0 Å². The predicted octanol–water partition coefficient (Wildman–Crippen LogP) is 2.99. The quantitative estimate of drug-likeness (QED) is 0.652. The van der Waals surface area contributed by atoms with E-state index in [2.05, 4.69) is 51.9 Å². The Labute approximate surface area is 103 Å². The molecule has 0 aromatic rings. The highest BCUT2D eigenvalue weighted by Crippen LogP contribution is 2.27. The minimum atomic E-state index is 0.458. The van der Waals surface area contributed by atoms with Crippen molar-refractivity contribution in [3.05, 3.63) is 0 Å². The van der Waals surface area contributed by atoms with Gasteiger partial charge in [-0.2, -0.15) is 0 Å². The van der Waals surface area contributed by atoms with Crippen LogP contribution in [0.5, 0.6) is 0 Å². The lowest BCUT2D eigenvalue weighted by atomic mass is 9.81. The summed E-state index contributed by atoms with van der Waals surface area (Å²) in [6.45, 7) is 16.3. The summed E-state index contributed by atoms with van der Waals surface area (Å²) in [5.74, 6) is 0.765. The number of hydrogen-bond acceptors (Lipinski definition) is 2. The molecule has 2 heteroatoms. The molecule has 0 aliphatic carbocycles. The predicted molar refractivity (Wildman–Crippen MR) is 73.9 cm³/mol. The number of hydrogen-bond donors (Lipinski definition) is 1. The second-order valence-corrected chi connectivity index (χ2v) is 5.46. The number of nitrogens with zero attached hydrogens (tertiary/aromatic N) is 1. The van der Waals surface area contributed by atoms with Gasteiger partial charge in [-0.05, 0) is 37.8 Å². The SMILES string of the molecule is CCN(CC(C)C)CC(CC)(CC)CNC. The molecule has 1 N–H and O–H groups in total. The minimum Gasteiger partial charge on any atom is -0.319 e. The summed E-state index contributed by atoms with van der Waals surface area (Å²) in [6.07, 6.45) is 2.53. The molecular weight excluding hydrogens is 196 g/mol. The van der Waals surface area contributed by atoms with Crippen molar-refractivity contribution >= 4 is 0 Å². The van der Waals surface area contributed by atoms with Gasteiger partial charge in [0.15, 0.2) is 0 Å². The Morgan fingerprint density at radius 1 is 1.12 bits per heavy atom. The van der Waals surface area contributed by atoms with Crippen molar-refractivity contribution in [1.29, 1.82) is 0 Å². The van der Waals surface area contributed by atoms with Crippen LogP contribution in [0.15, 0.2) is 0 Å². The third-order valence-electron chi connectivity index (χ3n) is 3.68. The zero-order valence-corrected chi connectivity index (χ0v) is 12.3. The third-order valence-corrected chi connectivity index (χ3v) is 3.68. The fraction of sp³-hybridized carbons (Fsp3) is 1.00. The van der Waals surface area contributed by atoms with Crippen LogP contribution in [0.25, 0.3) is 0 Å². The lowest BCUT2D eigenvalue weighted by Gasteiger charge is -2.37. The first-order valence-corrected chi connectivity index (χ1v) is 6.90. The zero-order chi connectivity index (χ0) is 12.6. The molecule has 0 saturated heterocycles. The summed E-state index contributed by atoms with van der Waals surface area (Å²) in [4.78, 5) is 2.61. The van der Waals surface area contributed by atoms with Crippen molar-refractivity contribution in [3.8, 4) is 0 Å². The van der Waals surface area contributed by atoms with E-state index in [4.69, 9.17) is 0 Å². The lowest BCUT2D eigenvalue weighted by molar-refractivity contribution is 0.130. The highest BCUT2D eigenvalue weighted by molar-refractivity contribution is 4.82.